The largest absolute Gasteiger partial charge is 0.379 e. The lowest BCUT2D eigenvalue weighted by Gasteiger charge is -2.35. The van der Waals surface area contributed by atoms with Gasteiger partial charge in [-0.1, -0.05) is 24.3 Å². The SMILES string of the molecule is O=C(CC1Cc2ccccc2C1)N1Cc2cncn2C(COCC2CC2)C1. The first-order valence-corrected chi connectivity index (χ1v) is 10.2. The molecule has 0 bridgehead atoms. The number of hydrogen-bond acceptors (Lipinski definition) is 3. The molecule has 142 valence electrons. The highest BCUT2D eigenvalue weighted by Crippen LogP contribution is 2.31. The summed E-state index contributed by atoms with van der Waals surface area (Å²) in [6, 6.07) is 8.78. The van der Waals surface area contributed by atoms with Crippen LogP contribution in [0, 0.1) is 11.8 Å². The minimum absolute atomic E-state index is 0.180. The van der Waals surface area contributed by atoms with Crippen LogP contribution in [-0.2, 0) is 28.9 Å². The summed E-state index contributed by atoms with van der Waals surface area (Å²) in [6.07, 6.45) is 9.07. The predicted molar refractivity (Wildman–Crippen MR) is 102 cm³/mol. The molecule has 1 aliphatic heterocycles. The van der Waals surface area contributed by atoms with Gasteiger partial charge in [-0.3, -0.25) is 4.79 Å². The number of rotatable bonds is 6. The molecule has 1 saturated carbocycles. The van der Waals surface area contributed by atoms with Crippen molar-refractivity contribution in [3.8, 4) is 0 Å². The summed E-state index contributed by atoms with van der Waals surface area (Å²) >= 11 is 0. The monoisotopic (exact) mass is 365 g/mol. The zero-order valence-electron chi connectivity index (χ0n) is 15.7. The van der Waals surface area contributed by atoms with Crippen LogP contribution in [0.4, 0.5) is 0 Å². The van der Waals surface area contributed by atoms with Gasteiger partial charge in [-0.05, 0) is 48.6 Å². The third-order valence-electron chi connectivity index (χ3n) is 6.24. The van der Waals surface area contributed by atoms with Crippen molar-refractivity contribution in [3.63, 3.8) is 0 Å². The minimum Gasteiger partial charge on any atom is -0.379 e. The first-order chi connectivity index (χ1) is 13.3. The van der Waals surface area contributed by atoms with E-state index in [1.54, 1.807) is 0 Å². The highest BCUT2D eigenvalue weighted by Gasteiger charge is 2.31. The Bertz CT molecular complexity index is 801. The topological polar surface area (TPSA) is 47.4 Å². The molecule has 0 N–H and O–H groups in total. The van der Waals surface area contributed by atoms with Crippen LogP contribution in [0.5, 0.6) is 0 Å². The molecular weight excluding hydrogens is 338 g/mol. The number of carbonyl (C=O) groups excluding carboxylic acids is 1. The lowest BCUT2D eigenvalue weighted by Crippen LogP contribution is -2.42. The van der Waals surface area contributed by atoms with Crippen molar-refractivity contribution < 1.29 is 9.53 Å². The Balaban J connectivity index is 1.21. The second-order valence-corrected chi connectivity index (χ2v) is 8.45. The third-order valence-corrected chi connectivity index (χ3v) is 6.24. The predicted octanol–water partition coefficient (Wildman–Crippen LogP) is 3.00. The molecule has 5 nitrogen and oxygen atoms in total. The van der Waals surface area contributed by atoms with Crippen LogP contribution in [0.15, 0.2) is 36.8 Å². The smallest absolute Gasteiger partial charge is 0.223 e. The van der Waals surface area contributed by atoms with Crippen molar-refractivity contribution in [2.75, 3.05) is 19.8 Å². The Morgan fingerprint density at radius 1 is 1.11 bits per heavy atom. The van der Waals surface area contributed by atoms with Crippen molar-refractivity contribution in [2.24, 2.45) is 11.8 Å². The Labute approximate surface area is 160 Å². The number of benzene rings is 1. The van der Waals surface area contributed by atoms with Crippen LogP contribution in [0.2, 0.25) is 0 Å². The molecule has 2 heterocycles. The molecule has 3 aliphatic rings. The fraction of sp³-hybridized carbons (Fsp3) is 0.545. The summed E-state index contributed by atoms with van der Waals surface area (Å²) in [6.45, 7) is 2.91. The van der Waals surface area contributed by atoms with Crippen LogP contribution in [-0.4, -0.2) is 40.1 Å². The highest BCUT2D eigenvalue weighted by molar-refractivity contribution is 5.76. The zero-order chi connectivity index (χ0) is 18.2. The zero-order valence-corrected chi connectivity index (χ0v) is 15.7. The molecule has 1 unspecified atom stereocenters. The van der Waals surface area contributed by atoms with E-state index in [0.29, 0.717) is 25.5 Å². The molecule has 5 heteroatoms. The number of nitrogens with zero attached hydrogens (tertiary/aromatic N) is 3. The Hall–Kier alpha value is -2.14. The second kappa shape index (κ2) is 7.12. The third kappa shape index (κ3) is 3.65. The molecule has 1 aromatic heterocycles. The van der Waals surface area contributed by atoms with Gasteiger partial charge in [0.1, 0.15) is 0 Å². The molecule has 0 spiro atoms. The average molecular weight is 365 g/mol. The van der Waals surface area contributed by atoms with Crippen molar-refractivity contribution in [3.05, 3.63) is 53.6 Å². The number of amides is 1. The summed E-state index contributed by atoms with van der Waals surface area (Å²) in [4.78, 5) is 19.4. The molecular formula is C22H27N3O2. The van der Waals surface area contributed by atoms with E-state index < -0.39 is 0 Å². The van der Waals surface area contributed by atoms with Gasteiger partial charge in [0.05, 0.1) is 31.2 Å². The van der Waals surface area contributed by atoms with E-state index in [1.165, 1.54) is 24.0 Å². The summed E-state index contributed by atoms with van der Waals surface area (Å²) in [5.74, 6) is 1.47. The van der Waals surface area contributed by atoms with Gasteiger partial charge in [-0.25, -0.2) is 4.98 Å². The number of aromatic nitrogens is 2. The van der Waals surface area contributed by atoms with Gasteiger partial charge in [0.15, 0.2) is 0 Å². The van der Waals surface area contributed by atoms with Crippen molar-refractivity contribution in [1.29, 1.82) is 0 Å². The van der Waals surface area contributed by atoms with Crippen molar-refractivity contribution >= 4 is 5.91 Å². The number of fused-ring (bicyclic) bond motifs is 2. The van der Waals surface area contributed by atoms with Crippen LogP contribution in [0.25, 0.3) is 0 Å². The van der Waals surface area contributed by atoms with Crippen LogP contribution in [0.3, 0.4) is 0 Å². The Kier molecular flexibility index (Phi) is 4.48. The molecule has 0 radical (unpaired) electrons. The van der Waals surface area contributed by atoms with Crippen LogP contribution < -0.4 is 0 Å². The molecule has 2 aliphatic carbocycles. The number of carbonyl (C=O) groups is 1. The fourth-order valence-electron chi connectivity index (χ4n) is 4.53. The van der Waals surface area contributed by atoms with Gasteiger partial charge in [-0.2, -0.15) is 0 Å². The van der Waals surface area contributed by atoms with Crippen LogP contribution >= 0.6 is 0 Å². The minimum atomic E-state index is 0.180. The van der Waals surface area contributed by atoms with E-state index >= 15 is 0 Å². The van der Waals surface area contributed by atoms with Gasteiger partial charge in [0.2, 0.25) is 5.91 Å². The van der Waals surface area contributed by atoms with E-state index in [-0.39, 0.29) is 11.9 Å². The van der Waals surface area contributed by atoms with Gasteiger partial charge in [-0.15, -0.1) is 0 Å². The molecule has 1 amide bonds. The van der Waals surface area contributed by atoms with E-state index in [4.69, 9.17) is 4.74 Å². The molecule has 1 atom stereocenters. The lowest BCUT2D eigenvalue weighted by molar-refractivity contribution is -0.134. The maximum Gasteiger partial charge on any atom is 0.223 e. The number of imidazole rings is 1. The molecule has 1 aromatic carbocycles. The summed E-state index contributed by atoms with van der Waals surface area (Å²) in [5, 5.41) is 0. The van der Waals surface area contributed by atoms with Crippen molar-refractivity contribution in [2.45, 2.75) is 44.7 Å². The Morgan fingerprint density at radius 2 is 1.89 bits per heavy atom. The highest BCUT2D eigenvalue weighted by atomic mass is 16.5. The van der Waals surface area contributed by atoms with E-state index in [9.17, 15) is 4.79 Å². The number of ether oxygens (including phenoxy) is 1. The maximum absolute atomic E-state index is 13.0. The van der Waals surface area contributed by atoms with E-state index in [1.807, 2.05) is 17.4 Å². The molecule has 2 aromatic rings. The molecule has 1 fully saturated rings. The molecule has 0 saturated heterocycles. The quantitative estimate of drug-likeness (QED) is 0.791. The normalized spacial score (nSPS) is 21.9. The van der Waals surface area contributed by atoms with Gasteiger partial charge >= 0.3 is 0 Å². The first kappa shape index (κ1) is 17.0. The van der Waals surface area contributed by atoms with Crippen LogP contribution in [0.1, 0.15) is 42.1 Å². The standard InChI is InChI=1S/C22H27N3O2/c26-22(9-17-7-18-3-1-2-4-19(18)8-17)24-11-20-10-23-15-25(20)21(12-24)14-27-13-16-5-6-16/h1-4,10,15-17,21H,5-9,11-14H2. The molecule has 27 heavy (non-hydrogen) atoms. The fourth-order valence-corrected chi connectivity index (χ4v) is 4.53. The summed E-state index contributed by atoms with van der Waals surface area (Å²) in [7, 11) is 0. The van der Waals surface area contributed by atoms with E-state index in [0.717, 1.165) is 37.6 Å². The summed E-state index contributed by atoms with van der Waals surface area (Å²) in [5.41, 5.74) is 3.95. The first-order valence-electron chi connectivity index (χ1n) is 10.2. The molecule has 5 rings (SSSR count). The van der Waals surface area contributed by atoms with Crippen molar-refractivity contribution in [1.82, 2.24) is 14.5 Å². The second-order valence-electron chi connectivity index (χ2n) is 8.45. The maximum atomic E-state index is 13.0. The Morgan fingerprint density at radius 3 is 2.63 bits per heavy atom. The lowest BCUT2D eigenvalue weighted by atomic mass is 10.0. The summed E-state index contributed by atoms with van der Waals surface area (Å²) < 4.78 is 8.14. The van der Waals surface area contributed by atoms with Gasteiger partial charge in [0.25, 0.3) is 0 Å². The van der Waals surface area contributed by atoms with Gasteiger partial charge in [0, 0.05) is 25.8 Å². The average Bonchev–Trinajstić information content (AvgIpc) is 3.21. The van der Waals surface area contributed by atoms with E-state index in [2.05, 4.69) is 33.8 Å². The van der Waals surface area contributed by atoms with Gasteiger partial charge < -0.3 is 14.2 Å². The number of hydrogen-bond donors (Lipinski definition) is 0.